The smallest absolute Gasteiger partial charge is 0.185 e. The van der Waals surface area contributed by atoms with Crippen LogP contribution in [-0.2, 0) is 6.54 Å². The molecular weight excluding hydrogens is 238 g/mol. The predicted molar refractivity (Wildman–Crippen MR) is 74.0 cm³/mol. The summed E-state index contributed by atoms with van der Waals surface area (Å²) in [5.41, 5.74) is 2.34. The molecule has 2 aromatic rings. The molecular formula is C16H17NO2. The summed E-state index contributed by atoms with van der Waals surface area (Å²) < 4.78 is 5.41. The van der Waals surface area contributed by atoms with Crippen LogP contribution in [0.2, 0.25) is 0 Å². The molecule has 0 bridgehead atoms. The summed E-state index contributed by atoms with van der Waals surface area (Å²) >= 11 is 0. The zero-order chi connectivity index (χ0) is 13.1. The average molecular weight is 255 g/mol. The molecule has 0 unspecified atom stereocenters. The van der Waals surface area contributed by atoms with E-state index in [4.69, 9.17) is 4.42 Å². The van der Waals surface area contributed by atoms with Crippen LogP contribution in [0.3, 0.4) is 0 Å². The average Bonchev–Trinajstić information content (AvgIpc) is 3.10. The first-order valence-corrected chi connectivity index (χ1v) is 6.72. The number of aldehydes is 1. The first-order valence-electron chi connectivity index (χ1n) is 6.72. The van der Waals surface area contributed by atoms with E-state index in [0.29, 0.717) is 5.76 Å². The molecule has 0 amide bonds. The molecule has 0 atom stereocenters. The van der Waals surface area contributed by atoms with Gasteiger partial charge in [0.1, 0.15) is 5.76 Å². The summed E-state index contributed by atoms with van der Waals surface area (Å²) in [7, 11) is 0. The van der Waals surface area contributed by atoms with Gasteiger partial charge in [-0.2, -0.15) is 0 Å². The Hall–Kier alpha value is -1.87. The second kappa shape index (κ2) is 5.41. The normalized spacial score (nSPS) is 15.8. The summed E-state index contributed by atoms with van der Waals surface area (Å²) in [6, 6.07) is 11.9. The van der Waals surface area contributed by atoms with Crippen LogP contribution >= 0.6 is 0 Å². The van der Waals surface area contributed by atoms with Gasteiger partial charge in [-0.1, -0.05) is 24.3 Å². The fraction of sp³-hybridized carbons (Fsp3) is 0.312. The highest BCUT2D eigenvalue weighted by Crippen LogP contribution is 2.22. The van der Waals surface area contributed by atoms with Crippen LogP contribution in [-0.4, -0.2) is 24.3 Å². The Morgan fingerprint density at radius 1 is 1.05 bits per heavy atom. The van der Waals surface area contributed by atoms with Gasteiger partial charge in [-0.25, -0.2) is 0 Å². The highest BCUT2D eigenvalue weighted by Gasteiger charge is 2.11. The number of furan rings is 1. The van der Waals surface area contributed by atoms with Gasteiger partial charge in [-0.15, -0.1) is 0 Å². The zero-order valence-corrected chi connectivity index (χ0v) is 10.8. The third-order valence-corrected chi connectivity index (χ3v) is 3.59. The largest absolute Gasteiger partial charge is 0.453 e. The summed E-state index contributed by atoms with van der Waals surface area (Å²) in [5, 5.41) is 0. The Morgan fingerprint density at radius 2 is 1.79 bits per heavy atom. The molecule has 0 N–H and O–H groups in total. The molecule has 1 saturated heterocycles. The minimum absolute atomic E-state index is 0.371. The second-order valence-corrected chi connectivity index (χ2v) is 5.00. The number of benzene rings is 1. The number of rotatable bonds is 4. The quantitative estimate of drug-likeness (QED) is 0.785. The zero-order valence-electron chi connectivity index (χ0n) is 10.8. The lowest BCUT2D eigenvalue weighted by atomic mass is 10.1. The van der Waals surface area contributed by atoms with E-state index in [2.05, 4.69) is 29.2 Å². The molecule has 3 rings (SSSR count). The molecule has 1 aliphatic rings. The lowest BCUT2D eigenvalue weighted by Gasteiger charge is -2.14. The lowest BCUT2D eigenvalue weighted by Crippen LogP contribution is -2.18. The molecule has 98 valence electrons. The highest BCUT2D eigenvalue weighted by atomic mass is 16.3. The van der Waals surface area contributed by atoms with Crippen molar-refractivity contribution in [3.63, 3.8) is 0 Å². The monoisotopic (exact) mass is 255 g/mol. The standard InChI is InChI=1S/C16H17NO2/c18-12-15-7-8-16(19-15)14-5-3-13(4-6-14)11-17-9-1-2-10-17/h3-8,12H,1-2,9-11H2. The highest BCUT2D eigenvalue weighted by molar-refractivity contribution is 5.72. The van der Waals surface area contributed by atoms with Crippen molar-refractivity contribution in [2.24, 2.45) is 0 Å². The number of hydrogen-bond donors (Lipinski definition) is 0. The molecule has 3 heteroatoms. The fourth-order valence-electron chi connectivity index (χ4n) is 2.54. The molecule has 3 nitrogen and oxygen atoms in total. The van der Waals surface area contributed by atoms with Crippen LogP contribution in [0.1, 0.15) is 29.0 Å². The van der Waals surface area contributed by atoms with Crippen molar-refractivity contribution >= 4 is 6.29 Å². The number of nitrogens with zero attached hydrogens (tertiary/aromatic N) is 1. The van der Waals surface area contributed by atoms with Gasteiger partial charge in [0, 0.05) is 12.1 Å². The van der Waals surface area contributed by atoms with Crippen molar-refractivity contribution in [2.75, 3.05) is 13.1 Å². The lowest BCUT2D eigenvalue weighted by molar-refractivity contribution is 0.110. The first-order chi connectivity index (χ1) is 9.35. The number of carbonyl (C=O) groups is 1. The van der Waals surface area contributed by atoms with Crippen LogP contribution in [0.15, 0.2) is 40.8 Å². The van der Waals surface area contributed by atoms with Gasteiger partial charge in [0.25, 0.3) is 0 Å². The maximum Gasteiger partial charge on any atom is 0.185 e. The maximum absolute atomic E-state index is 10.6. The minimum Gasteiger partial charge on any atom is -0.453 e. The Labute approximate surface area is 112 Å². The fourth-order valence-corrected chi connectivity index (χ4v) is 2.54. The predicted octanol–water partition coefficient (Wildman–Crippen LogP) is 3.35. The molecule has 2 heterocycles. The van der Waals surface area contributed by atoms with Gasteiger partial charge >= 0.3 is 0 Å². The van der Waals surface area contributed by atoms with Crippen LogP contribution in [0.5, 0.6) is 0 Å². The van der Waals surface area contributed by atoms with E-state index in [-0.39, 0.29) is 0 Å². The van der Waals surface area contributed by atoms with Gasteiger partial charge in [-0.3, -0.25) is 9.69 Å². The van der Waals surface area contributed by atoms with Crippen LogP contribution in [0.25, 0.3) is 11.3 Å². The SMILES string of the molecule is O=Cc1ccc(-c2ccc(CN3CCCC3)cc2)o1. The van der Waals surface area contributed by atoms with Crippen LogP contribution < -0.4 is 0 Å². The molecule has 0 aliphatic carbocycles. The van der Waals surface area contributed by atoms with E-state index in [1.807, 2.05) is 6.07 Å². The number of likely N-dealkylation sites (tertiary alicyclic amines) is 1. The topological polar surface area (TPSA) is 33.5 Å². The van der Waals surface area contributed by atoms with Crippen molar-refractivity contribution in [2.45, 2.75) is 19.4 Å². The van der Waals surface area contributed by atoms with Gasteiger partial charge in [0.2, 0.25) is 0 Å². The second-order valence-electron chi connectivity index (χ2n) is 5.00. The van der Waals surface area contributed by atoms with Crippen molar-refractivity contribution < 1.29 is 9.21 Å². The molecule has 1 aromatic carbocycles. The molecule has 0 radical (unpaired) electrons. The molecule has 19 heavy (non-hydrogen) atoms. The number of hydrogen-bond acceptors (Lipinski definition) is 3. The van der Waals surface area contributed by atoms with E-state index >= 15 is 0 Å². The summed E-state index contributed by atoms with van der Waals surface area (Å²) in [6.45, 7) is 3.45. The Balaban J connectivity index is 1.72. The van der Waals surface area contributed by atoms with Crippen LogP contribution in [0.4, 0.5) is 0 Å². The molecule has 1 fully saturated rings. The third kappa shape index (κ3) is 2.76. The summed E-state index contributed by atoms with van der Waals surface area (Å²) in [5.74, 6) is 1.12. The van der Waals surface area contributed by atoms with Gasteiger partial charge in [-0.05, 0) is 43.6 Å². The van der Waals surface area contributed by atoms with Crippen molar-refractivity contribution in [3.8, 4) is 11.3 Å². The first kappa shape index (κ1) is 12.2. The van der Waals surface area contributed by atoms with Crippen molar-refractivity contribution in [1.29, 1.82) is 0 Å². The van der Waals surface area contributed by atoms with E-state index in [1.165, 1.54) is 31.5 Å². The van der Waals surface area contributed by atoms with Gasteiger partial charge < -0.3 is 4.42 Å². The maximum atomic E-state index is 10.6. The molecule has 1 aliphatic heterocycles. The Bertz CT molecular complexity index is 550. The van der Waals surface area contributed by atoms with E-state index < -0.39 is 0 Å². The van der Waals surface area contributed by atoms with E-state index in [9.17, 15) is 4.79 Å². The summed E-state index contributed by atoms with van der Waals surface area (Å²) in [6.07, 6.45) is 3.36. The number of carbonyl (C=O) groups excluding carboxylic acids is 1. The Morgan fingerprint density at radius 3 is 2.42 bits per heavy atom. The van der Waals surface area contributed by atoms with Gasteiger partial charge in [0.15, 0.2) is 12.0 Å². The van der Waals surface area contributed by atoms with Crippen molar-refractivity contribution in [3.05, 3.63) is 47.7 Å². The van der Waals surface area contributed by atoms with E-state index in [0.717, 1.165) is 24.2 Å². The van der Waals surface area contributed by atoms with Crippen molar-refractivity contribution in [1.82, 2.24) is 4.90 Å². The molecule has 1 aromatic heterocycles. The van der Waals surface area contributed by atoms with Crippen LogP contribution in [0, 0.1) is 0 Å². The molecule has 0 spiro atoms. The minimum atomic E-state index is 0.371. The summed E-state index contributed by atoms with van der Waals surface area (Å²) in [4.78, 5) is 13.1. The van der Waals surface area contributed by atoms with Gasteiger partial charge in [0.05, 0.1) is 0 Å². The van der Waals surface area contributed by atoms with E-state index in [1.54, 1.807) is 6.07 Å². The molecule has 0 saturated carbocycles. The third-order valence-electron chi connectivity index (χ3n) is 3.59. The Kier molecular flexibility index (Phi) is 3.47.